The Morgan fingerprint density at radius 3 is 2.57 bits per heavy atom. The first kappa shape index (κ1) is 19.4. The van der Waals surface area contributed by atoms with Crippen molar-refractivity contribution in [2.75, 3.05) is 25.0 Å². The number of nitrogens with one attached hydrogen (secondary N) is 1. The van der Waals surface area contributed by atoms with E-state index in [1.54, 1.807) is 6.92 Å². The molecule has 2 amide bonds. The molecule has 1 aliphatic heterocycles. The van der Waals surface area contributed by atoms with Crippen LogP contribution < -0.4 is 11.1 Å². The Labute approximate surface area is 142 Å². The van der Waals surface area contributed by atoms with Crippen molar-refractivity contribution in [2.24, 2.45) is 11.7 Å². The fourth-order valence-electron chi connectivity index (χ4n) is 2.33. The van der Waals surface area contributed by atoms with Crippen molar-refractivity contribution < 1.29 is 9.59 Å². The van der Waals surface area contributed by atoms with E-state index in [0.717, 1.165) is 25.9 Å². The molecule has 130 valence electrons. The molecule has 1 unspecified atom stereocenters. The van der Waals surface area contributed by atoms with Crippen molar-refractivity contribution in [3.05, 3.63) is 6.33 Å². The fraction of sp³-hybridized carbons (Fsp3) is 0.714. The number of carbonyl (C=O) groups excluding carboxylic acids is 2. The Balaban J connectivity index is 0.00000264. The molecule has 0 bridgehead atoms. The number of nitrogens with zero attached hydrogens (tertiary/aromatic N) is 4. The highest BCUT2D eigenvalue weighted by atomic mass is 35.5. The molecule has 3 N–H and O–H groups in total. The molecule has 1 atom stereocenters. The molecule has 0 radical (unpaired) electrons. The second kappa shape index (κ2) is 9.46. The normalized spacial score (nSPS) is 16.2. The highest BCUT2D eigenvalue weighted by Gasteiger charge is 2.17. The van der Waals surface area contributed by atoms with Crippen molar-refractivity contribution in [1.29, 1.82) is 0 Å². The highest BCUT2D eigenvalue weighted by Crippen LogP contribution is 2.10. The summed E-state index contributed by atoms with van der Waals surface area (Å²) in [6, 6.07) is 0. The predicted octanol–water partition coefficient (Wildman–Crippen LogP) is 0.636. The lowest BCUT2D eigenvalue weighted by molar-refractivity contribution is -0.132. The van der Waals surface area contributed by atoms with Crippen molar-refractivity contribution >= 4 is 30.2 Å². The van der Waals surface area contributed by atoms with Gasteiger partial charge in [-0.1, -0.05) is 19.8 Å². The molecule has 23 heavy (non-hydrogen) atoms. The van der Waals surface area contributed by atoms with Gasteiger partial charge in [0.1, 0.15) is 12.9 Å². The van der Waals surface area contributed by atoms with Gasteiger partial charge in [-0.15, -0.1) is 17.5 Å². The van der Waals surface area contributed by atoms with Crippen LogP contribution in [0.15, 0.2) is 6.33 Å². The van der Waals surface area contributed by atoms with Gasteiger partial charge in [0, 0.05) is 25.6 Å². The molecule has 1 aromatic heterocycles. The number of rotatable bonds is 5. The van der Waals surface area contributed by atoms with Crippen LogP contribution in [-0.2, 0) is 16.1 Å². The zero-order valence-corrected chi connectivity index (χ0v) is 14.2. The van der Waals surface area contributed by atoms with Gasteiger partial charge in [0.15, 0.2) is 0 Å². The number of nitrogens with two attached hydrogens (primary N) is 1. The van der Waals surface area contributed by atoms with E-state index in [9.17, 15) is 9.59 Å². The van der Waals surface area contributed by atoms with Crippen LogP contribution >= 0.6 is 12.4 Å². The Morgan fingerprint density at radius 2 is 1.96 bits per heavy atom. The number of anilines is 1. The van der Waals surface area contributed by atoms with E-state index in [1.165, 1.54) is 23.9 Å². The number of aromatic nitrogens is 3. The van der Waals surface area contributed by atoms with Crippen molar-refractivity contribution in [3.8, 4) is 0 Å². The molecule has 0 aliphatic carbocycles. The lowest BCUT2D eigenvalue weighted by Gasteiger charge is -2.19. The first-order valence-electron chi connectivity index (χ1n) is 7.78. The van der Waals surface area contributed by atoms with Gasteiger partial charge in [0.2, 0.25) is 17.8 Å². The molecular weight excluding hydrogens is 320 g/mol. The third-order valence-electron chi connectivity index (χ3n) is 3.83. The van der Waals surface area contributed by atoms with Crippen LogP contribution in [0.1, 0.15) is 32.6 Å². The van der Waals surface area contributed by atoms with Crippen molar-refractivity contribution in [2.45, 2.75) is 39.2 Å². The van der Waals surface area contributed by atoms with E-state index in [0.29, 0.717) is 0 Å². The summed E-state index contributed by atoms with van der Waals surface area (Å²) in [5, 5.41) is 6.70. The summed E-state index contributed by atoms with van der Waals surface area (Å²) in [6.45, 7) is 3.76. The third-order valence-corrected chi connectivity index (χ3v) is 3.83. The zero-order valence-electron chi connectivity index (χ0n) is 13.4. The number of amides is 2. The van der Waals surface area contributed by atoms with Gasteiger partial charge >= 0.3 is 0 Å². The third kappa shape index (κ3) is 5.80. The summed E-state index contributed by atoms with van der Waals surface area (Å²) in [4.78, 5) is 29.8. The van der Waals surface area contributed by atoms with Crippen molar-refractivity contribution in [3.63, 3.8) is 0 Å². The molecule has 8 nitrogen and oxygen atoms in total. The van der Waals surface area contributed by atoms with E-state index in [-0.39, 0.29) is 49.2 Å². The molecule has 2 rings (SSSR count). The van der Waals surface area contributed by atoms with Crippen LogP contribution in [0.3, 0.4) is 0 Å². The highest BCUT2D eigenvalue weighted by molar-refractivity contribution is 5.90. The maximum absolute atomic E-state index is 12.2. The average molecular weight is 345 g/mol. The number of hydrogen-bond acceptors (Lipinski definition) is 5. The van der Waals surface area contributed by atoms with E-state index in [4.69, 9.17) is 5.73 Å². The SMILES string of the molecule is CC(CN)C(=O)Nc1ncn(CC(=O)N2CCCCCC2)n1.Cl. The Hall–Kier alpha value is -1.67. The van der Waals surface area contributed by atoms with Crippen LogP contribution in [0.4, 0.5) is 5.95 Å². The summed E-state index contributed by atoms with van der Waals surface area (Å²) in [6.07, 6.45) is 5.94. The Morgan fingerprint density at radius 1 is 1.30 bits per heavy atom. The van der Waals surface area contributed by atoms with Crippen LogP contribution in [0.25, 0.3) is 0 Å². The van der Waals surface area contributed by atoms with E-state index < -0.39 is 0 Å². The van der Waals surface area contributed by atoms with Crippen LogP contribution in [0.5, 0.6) is 0 Å². The molecule has 0 saturated carbocycles. The minimum Gasteiger partial charge on any atom is -0.341 e. The number of carbonyl (C=O) groups is 2. The van der Waals surface area contributed by atoms with Gasteiger partial charge in [-0.3, -0.25) is 14.9 Å². The molecule has 0 aromatic carbocycles. The number of likely N-dealkylation sites (tertiary alicyclic amines) is 1. The number of halogens is 1. The molecule has 1 saturated heterocycles. The van der Waals surface area contributed by atoms with E-state index >= 15 is 0 Å². The zero-order chi connectivity index (χ0) is 15.9. The second-order valence-corrected chi connectivity index (χ2v) is 5.69. The smallest absolute Gasteiger partial charge is 0.248 e. The summed E-state index contributed by atoms with van der Waals surface area (Å²) < 4.78 is 1.45. The Bertz CT molecular complexity index is 513. The second-order valence-electron chi connectivity index (χ2n) is 5.69. The van der Waals surface area contributed by atoms with Gasteiger partial charge in [-0.05, 0) is 12.8 Å². The molecule has 0 spiro atoms. The van der Waals surface area contributed by atoms with Gasteiger partial charge in [-0.2, -0.15) is 0 Å². The maximum Gasteiger partial charge on any atom is 0.248 e. The first-order chi connectivity index (χ1) is 10.6. The number of hydrogen-bond donors (Lipinski definition) is 2. The van der Waals surface area contributed by atoms with Crippen LogP contribution in [0, 0.1) is 5.92 Å². The average Bonchev–Trinajstić information content (AvgIpc) is 2.78. The van der Waals surface area contributed by atoms with Crippen LogP contribution in [-0.4, -0.2) is 51.1 Å². The molecule has 2 heterocycles. The summed E-state index contributed by atoms with van der Waals surface area (Å²) in [5.41, 5.74) is 5.44. The van der Waals surface area contributed by atoms with Gasteiger partial charge in [0.25, 0.3) is 0 Å². The lowest BCUT2D eigenvalue weighted by atomic mass is 10.2. The predicted molar refractivity (Wildman–Crippen MR) is 89.2 cm³/mol. The van der Waals surface area contributed by atoms with Gasteiger partial charge in [0.05, 0.1) is 0 Å². The summed E-state index contributed by atoms with van der Waals surface area (Å²) >= 11 is 0. The minimum atomic E-state index is -0.300. The van der Waals surface area contributed by atoms with E-state index in [1.807, 2.05) is 4.90 Å². The topological polar surface area (TPSA) is 106 Å². The largest absolute Gasteiger partial charge is 0.341 e. The molecular formula is C14H25ClN6O2. The fourth-order valence-corrected chi connectivity index (χ4v) is 2.33. The molecule has 1 fully saturated rings. The van der Waals surface area contributed by atoms with Gasteiger partial charge < -0.3 is 10.6 Å². The minimum absolute atomic E-state index is 0. The monoisotopic (exact) mass is 344 g/mol. The summed E-state index contributed by atoms with van der Waals surface area (Å²) in [5.74, 6) is -0.279. The maximum atomic E-state index is 12.2. The lowest BCUT2D eigenvalue weighted by Crippen LogP contribution is -2.34. The summed E-state index contributed by atoms with van der Waals surface area (Å²) in [7, 11) is 0. The Kier molecular flexibility index (Phi) is 7.97. The van der Waals surface area contributed by atoms with Crippen LogP contribution in [0.2, 0.25) is 0 Å². The van der Waals surface area contributed by atoms with E-state index in [2.05, 4.69) is 15.4 Å². The first-order valence-corrected chi connectivity index (χ1v) is 7.78. The molecule has 1 aromatic rings. The quantitative estimate of drug-likeness (QED) is 0.815. The van der Waals surface area contributed by atoms with Gasteiger partial charge in [-0.25, -0.2) is 9.67 Å². The van der Waals surface area contributed by atoms with Crippen molar-refractivity contribution in [1.82, 2.24) is 19.7 Å². The molecule has 9 heteroatoms. The standard InChI is InChI=1S/C14H24N6O2.ClH/c1-11(8-15)13(22)17-14-16-10-20(18-14)9-12(21)19-6-4-2-3-5-7-19;/h10-11H,2-9,15H2,1H3,(H,17,18,22);1H. The molecule has 1 aliphatic rings.